The second kappa shape index (κ2) is 6.36. The van der Waals surface area contributed by atoms with Gasteiger partial charge in [-0.3, -0.25) is 14.8 Å². The average molecular weight is 290 g/mol. The quantitative estimate of drug-likeness (QED) is 0.626. The number of hydrogen-bond donors (Lipinski definition) is 2. The number of aliphatic hydroxyl groups excluding tert-OH is 1. The highest BCUT2D eigenvalue weighted by Crippen LogP contribution is 2.16. The average Bonchev–Trinajstić information content (AvgIpc) is 2.88. The topological polar surface area (TPSA) is 93.2 Å². The lowest BCUT2D eigenvalue weighted by atomic mass is 10.1. The number of aliphatic hydroxyl groups is 1. The first-order chi connectivity index (χ1) is 9.95. The zero-order chi connectivity index (χ0) is 15.4. The van der Waals surface area contributed by atoms with Crippen LogP contribution in [0.3, 0.4) is 0 Å². The Balaban J connectivity index is 1.90. The van der Waals surface area contributed by atoms with Gasteiger partial charge < -0.3 is 10.4 Å². The van der Waals surface area contributed by atoms with Gasteiger partial charge in [-0.2, -0.15) is 5.10 Å². The molecule has 2 aromatic rings. The number of benzene rings is 1. The predicted octanol–water partition coefficient (Wildman–Crippen LogP) is 1.88. The van der Waals surface area contributed by atoms with Crippen LogP contribution in [0.1, 0.15) is 11.1 Å². The number of anilines is 1. The summed E-state index contributed by atoms with van der Waals surface area (Å²) < 4.78 is 1.37. The smallest absolute Gasteiger partial charge is 0.306 e. The standard InChI is InChI=1S/C14H18N4O3/c1-10-3-4-11(2)14(5-10)15-7-13(19)9-17-8-12(6-16-17)18(20)21/h3-6,8,13,15,19H,7,9H2,1-2H3. The van der Waals surface area contributed by atoms with Crippen LogP contribution in [0.25, 0.3) is 0 Å². The molecule has 0 amide bonds. The summed E-state index contributed by atoms with van der Waals surface area (Å²) >= 11 is 0. The summed E-state index contributed by atoms with van der Waals surface area (Å²) in [5, 5.41) is 27.6. The Bertz CT molecular complexity index is 639. The lowest BCUT2D eigenvalue weighted by Gasteiger charge is -2.14. The maximum absolute atomic E-state index is 10.6. The number of aryl methyl sites for hydroxylation is 2. The zero-order valence-electron chi connectivity index (χ0n) is 12.0. The van der Waals surface area contributed by atoms with Crippen molar-refractivity contribution in [1.82, 2.24) is 9.78 Å². The van der Waals surface area contributed by atoms with E-state index in [1.54, 1.807) is 0 Å². The molecule has 1 heterocycles. The predicted molar refractivity (Wildman–Crippen MR) is 79.3 cm³/mol. The second-order valence-electron chi connectivity index (χ2n) is 5.03. The van der Waals surface area contributed by atoms with Gasteiger partial charge in [-0.1, -0.05) is 12.1 Å². The van der Waals surface area contributed by atoms with Crippen molar-refractivity contribution in [3.05, 3.63) is 51.8 Å². The molecule has 0 saturated heterocycles. The fourth-order valence-corrected chi connectivity index (χ4v) is 1.98. The summed E-state index contributed by atoms with van der Waals surface area (Å²) in [4.78, 5) is 10.0. The first-order valence-electron chi connectivity index (χ1n) is 6.62. The van der Waals surface area contributed by atoms with Crippen molar-refractivity contribution in [2.75, 3.05) is 11.9 Å². The molecule has 0 bridgehead atoms. The monoisotopic (exact) mass is 290 g/mol. The van der Waals surface area contributed by atoms with Crippen LogP contribution in [0, 0.1) is 24.0 Å². The van der Waals surface area contributed by atoms with E-state index in [-0.39, 0.29) is 12.2 Å². The number of hydrogen-bond acceptors (Lipinski definition) is 5. The fraction of sp³-hybridized carbons (Fsp3) is 0.357. The van der Waals surface area contributed by atoms with E-state index in [1.807, 2.05) is 32.0 Å². The van der Waals surface area contributed by atoms with Crippen LogP contribution in [-0.4, -0.2) is 32.5 Å². The summed E-state index contributed by atoms with van der Waals surface area (Å²) in [5.41, 5.74) is 3.13. The van der Waals surface area contributed by atoms with Crippen molar-refractivity contribution in [1.29, 1.82) is 0 Å². The molecule has 0 aliphatic heterocycles. The Morgan fingerprint density at radius 3 is 2.90 bits per heavy atom. The minimum Gasteiger partial charge on any atom is -0.389 e. The SMILES string of the molecule is Cc1ccc(C)c(NCC(O)Cn2cc([N+](=O)[O-])cn2)c1. The minimum atomic E-state index is -0.690. The number of nitrogens with zero attached hydrogens (tertiary/aromatic N) is 3. The van der Waals surface area contributed by atoms with Gasteiger partial charge >= 0.3 is 5.69 Å². The van der Waals surface area contributed by atoms with E-state index in [1.165, 1.54) is 17.1 Å². The Morgan fingerprint density at radius 2 is 2.24 bits per heavy atom. The molecule has 7 heteroatoms. The van der Waals surface area contributed by atoms with E-state index < -0.39 is 11.0 Å². The van der Waals surface area contributed by atoms with Crippen LogP contribution in [0.5, 0.6) is 0 Å². The molecule has 1 aromatic carbocycles. The van der Waals surface area contributed by atoms with Gasteiger partial charge in [0, 0.05) is 12.2 Å². The van der Waals surface area contributed by atoms with Crippen molar-refractivity contribution in [3.8, 4) is 0 Å². The highest BCUT2D eigenvalue weighted by Gasteiger charge is 2.12. The van der Waals surface area contributed by atoms with Gasteiger partial charge in [0.15, 0.2) is 0 Å². The Morgan fingerprint density at radius 1 is 1.48 bits per heavy atom. The van der Waals surface area contributed by atoms with Crippen molar-refractivity contribution < 1.29 is 10.0 Å². The molecule has 0 spiro atoms. The Kier molecular flexibility index (Phi) is 4.54. The van der Waals surface area contributed by atoms with E-state index in [9.17, 15) is 15.2 Å². The molecular formula is C14H18N4O3. The third-order valence-electron chi connectivity index (χ3n) is 3.15. The van der Waals surface area contributed by atoms with Gasteiger partial charge in [0.05, 0.1) is 17.6 Å². The highest BCUT2D eigenvalue weighted by molar-refractivity contribution is 5.52. The molecule has 0 saturated carbocycles. The van der Waals surface area contributed by atoms with Crippen LogP contribution < -0.4 is 5.32 Å². The summed E-state index contributed by atoms with van der Waals surface area (Å²) in [6, 6.07) is 6.06. The fourth-order valence-electron chi connectivity index (χ4n) is 1.98. The molecule has 0 aliphatic carbocycles. The lowest BCUT2D eigenvalue weighted by Crippen LogP contribution is -2.25. The minimum absolute atomic E-state index is 0.0790. The molecular weight excluding hydrogens is 272 g/mol. The highest BCUT2D eigenvalue weighted by atomic mass is 16.6. The zero-order valence-corrected chi connectivity index (χ0v) is 12.0. The molecule has 0 fully saturated rings. The van der Waals surface area contributed by atoms with Gasteiger partial charge in [-0.25, -0.2) is 0 Å². The van der Waals surface area contributed by atoms with Crippen molar-refractivity contribution in [2.45, 2.75) is 26.5 Å². The maximum atomic E-state index is 10.6. The van der Waals surface area contributed by atoms with Crippen molar-refractivity contribution in [3.63, 3.8) is 0 Å². The van der Waals surface area contributed by atoms with Gasteiger partial charge in [-0.05, 0) is 31.0 Å². The first-order valence-corrected chi connectivity index (χ1v) is 6.62. The molecule has 2 N–H and O–H groups in total. The number of nitro groups is 1. The Hall–Kier alpha value is -2.41. The van der Waals surface area contributed by atoms with Gasteiger partial charge in [0.25, 0.3) is 0 Å². The van der Waals surface area contributed by atoms with Gasteiger partial charge in [0.1, 0.15) is 12.4 Å². The summed E-state index contributed by atoms with van der Waals surface area (Å²) in [6.45, 7) is 4.54. The van der Waals surface area contributed by atoms with Crippen LogP contribution in [0.15, 0.2) is 30.6 Å². The molecule has 2 rings (SSSR count). The van der Waals surface area contributed by atoms with Crippen molar-refractivity contribution >= 4 is 11.4 Å². The second-order valence-corrected chi connectivity index (χ2v) is 5.03. The van der Waals surface area contributed by atoms with Crippen LogP contribution in [-0.2, 0) is 6.54 Å². The van der Waals surface area contributed by atoms with Crippen molar-refractivity contribution in [2.24, 2.45) is 0 Å². The lowest BCUT2D eigenvalue weighted by molar-refractivity contribution is -0.385. The van der Waals surface area contributed by atoms with Crippen LogP contribution in [0.4, 0.5) is 11.4 Å². The first kappa shape index (κ1) is 15.0. The molecule has 1 atom stereocenters. The van der Waals surface area contributed by atoms with E-state index in [0.717, 1.165) is 16.8 Å². The summed E-state index contributed by atoms with van der Waals surface area (Å²) in [7, 11) is 0. The molecule has 21 heavy (non-hydrogen) atoms. The molecule has 1 unspecified atom stereocenters. The maximum Gasteiger partial charge on any atom is 0.306 e. The van der Waals surface area contributed by atoms with Crippen LogP contribution in [0.2, 0.25) is 0 Å². The number of aromatic nitrogens is 2. The number of rotatable bonds is 6. The van der Waals surface area contributed by atoms with E-state index in [4.69, 9.17) is 0 Å². The van der Waals surface area contributed by atoms with Gasteiger partial charge in [0.2, 0.25) is 0 Å². The van der Waals surface area contributed by atoms with E-state index >= 15 is 0 Å². The summed E-state index contributed by atoms with van der Waals surface area (Å²) in [6.07, 6.45) is 1.79. The van der Waals surface area contributed by atoms with Crippen LogP contribution >= 0.6 is 0 Å². The molecule has 0 aliphatic rings. The van der Waals surface area contributed by atoms with E-state index in [0.29, 0.717) is 6.54 Å². The molecule has 112 valence electrons. The molecule has 0 radical (unpaired) electrons. The Labute approximate surface area is 122 Å². The molecule has 1 aromatic heterocycles. The largest absolute Gasteiger partial charge is 0.389 e. The summed E-state index contributed by atoms with van der Waals surface area (Å²) in [5.74, 6) is 0. The normalized spacial score (nSPS) is 12.1. The van der Waals surface area contributed by atoms with E-state index in [2.05, 4.69) is 10.4 Å². The number of nitrogens with one attached hydrogen (secondary N) is 1. The third-order valence-corrected chi connectivity index (χ3v) is 3.15. The molecule has 7 nitrogen and oxygen atoms in total. The van der Waals surface area contributed by atoms with Gasteiger partial charge in [-0.15, -0.1) is 0 Å². The third kappa shape index (κ3) is 4.03.